The maximum Gasteiger partial charge on any atom is 0.130 e. The molecule has 8 rings (SSSR count). The third-order valence-electron chi connectivity index (χ3n) is 10.1. The van der Waals surface area contributed by atoms with Crippen molar-refractivity contribution in [2.45, 2.75) is 63.7 Å². The van der Waals surface area contributed by atoms with E-state index >= 15 is 4.39 Å². The van der Waals surface area contributed by atoms with E-state index in [9.17, 15) is 0 Å². The number of hydrogen-bond acceptors (Lipinski definition) is 6. The maximum absolute atomic E-state index is 16.3. The SMILES string of the molecule is Fc1cc(OCc2ccccc2)c([C@@H]2O[C@H](COCc3ccccc3)C[C@H](OCc3ccccc3)[C@@H]2OCc2ccccc2)cc1Cc1cc2ccccc2s1. The molecule has 284 valence electrons. The highest BCUT2D eigenvalue weighted by Crippen LogP contribution is 2.42. The van der Waals surface area contributed by atoms with Crippen LogP contribution in [0, 0.1) is 5.82 Å². The summed E-state index contributed by atoms with van der Waals surface area (Å²) in [5, 5.41) is 1.15. The lowest BCUT2D eigenvalue weighted by atomic mass is 9.90. The van der Waals surface area contributed by atoms with Gasteiger partial charge >= 0.3 is 0 Å². The molecule has 0 unspecified atom stereocenters. The van der Waals surface area contributed by atoms with Crippen LogP contribution in [0.3, 0.4) is 0 Å². The van der Waals surface area contributed by atoms with Gasteiger partial charge in [-0.1, -0.05) is 140 Å². The van der Waals surface area contributed by atoms with Gasteiger partial charge in [0, 0.05) is 34.0 Å². The van der Waals surface area contributed by atoms with Crippen LogP contribution < -0.4 is 4.74 Å². The van der Waals surface area contributed by atoms with Crippen molar-refractivity contribution in [3.8, 4) is 5.75 Å². The summed E-state index contributed by atoms with van der Waals surface area (Å²) in [5.41, 5.74) is 5.44. The molecule has 1 aliphatic heterocycles. The Morgan fingerprint density at radius 3 is 1.82 bits per heavy atom. The number of fused-ring (bicyclic) bond motifs is 1. The van der Waals surface area contributed by atoms with Gasteiger partial charge in [0.15, 0.2) is 0 Å². The van der Waals surface area contributed by atoms with Crippen LogP contribution in [0.1, 0.15) is 50.8 Å². The fourth-order valence-electron chi connectivity index (χ4n) is 7.22. The Morgan fingerprint density at radius 1 is 0.607 bits per heavy atom. The molecule has 1 fully saturated rings. The maximum atomic E-state index is 16.3. The Labute approximate surface area is 332 Å². The van der Waals surface area contributed by atoms with Crippen molar-refractivity contribution in [1.82, 2.24) is 0 Å². The third kappa shape index (κ3) is 9.80. The molecule has 0 bridgehead atoms. The van der Waals surface area contributed by atoms with Crippen molar-refractivity contribution >= 4 is 21.4 Å². The standard InChI is InChI=1S/C49H45FO5S/c50-44-29-45(52-31-36-17-7-2-8-18-36)43(27-40(44)26-42-25-39-23-13-14-24-47(39)56-42)48-49(54-33-38-21-11-4-12-22-38)46(53-32-37-19-9-3-10-20-37)28-41(55-48)34-51-30-35-15-5-1-6-16-35/h1-25,27,29,41,46,48-49H,26,28,30-34H2/t41-,46-,48-,49-/m0/s1. The Bertz CT molecular complexity index is 2230. The predicted octanol–water partition coefficient (Wildman–Crippen LogP) is 11.4. The zero-order valence-electron chi connectivity index (χ0n) is 31.2. The van der Waals surface area contributed by atoms with Crippen molar-refractivity contribution in [2.75, 3.05) is 6.61 Å². The second-order valence-electron chi connectivity index (χ2n) is 14.2. The molecule has 2 heterocycles. The molecule has 4 atom stereocenters. The minimum absolute atomic E-state index is 0.267. The molecule has 1 aromatic heterocycles. The highest BCUT2D eigenvalue weighted by atomic mass is 32.1. The molecule has 0 saturated carbocycles. The van der Waals surface area contributed by atoms with Crippen LogP contribution >= 0.6 is 11.3 Å². The molecule has 0 N–H and O–H groups in total. The van der Waals surface area contributed by atoms with Crippen molar-refractivity contribution in [3.63, 3.8) is 0 Å². The van der Waals surface area contributed by atoms with Gasteiger partial charge in [-0.15, -0.1) is 11.3 Å². The summed E-state index contributed by atoms with van der Waals surface area (Å²) < 4.78 is 51.0. The van der Waals surface area contributed by atoms with E-state index in [0.717, 1.165) is 38.1 Å². The summed E-state index contributed by atoms with van der Waals surface area (Å²) in [6.07, 6.45) is -0.942. The number of ether oxygens (including phenoxy) is 5. The fourth-order valence-corrected chi connectivity index (χ4v) is 8.31. The summed E-state index contributed by atoms with van der Waals surface area (Å²) in [6, 6.07) is 54.2. The van der Waals surface area contributed by atoms with Gasteiger partial charge in [0.1, 0.15) is 30.4 Å². The number of benzene rings is 6. The molecule has 7 heteroatoms. The first-order chi connectivity index (χ1) is 27.6. The molecule has 5 nitrogen and oxygen atoms in total. The van der Waals surface area contributed by atoms with E-state index in [0.29, 0.717) is 50.6 Å². The first-order valence-corrected chi connectivity index (χ1v) is 20.0. The molecule has 0 spiro atoms. The molecule has 0 radical (unpaired) electrons. The summed E-state index contributed by atoms with van der Waals surface area (Å²) in [6.45, 7) is 1.82. The average Bonchev–Trinajstić information content (AvgIpc) is 3.66. The van der Waals surface area contributed by atoms with Gasteiger partial charge in [-0.2, -0.15) is 0 Å². The number of hydrogen-bond donors (Lipinski definition) is 0. The van der Waals surface area contributed by atoms with Crippen LogP contribution in [-0.2, 0) is 51.8 Å². The zero-order chi connectivity index (χ0) is 37.9. The lowest BCUT2D eigenvalue weighted by Gasteiger charge is -2.42. The fraction of sp³-hybridized carbons (Fsp3) is 0.224. The van der Waals surface area contributed by atoms with Crippen molar-refractivity contribution in [3.05, 3.63) is 208 Å². The summed E-state index contributed by atoms with van der Waals surface area (Å²) in [7, 11) is 0. The van der Waals surface area contributed by atoms with Crippen LogP contribution in [-0.4, -0.2) is 24.9 Å². The van der Waals surface area contributed by atoms with Crippen LogP contribution in [0.15, 0.2) is 164 Å². The third-order valence-corrected chi connectivity index (χ3v) is 11.2. The highest BCUT2D eigenvalue weighted by molar-refractivity contribution is 7.19. The van der Waals surface area contributed by atoms with E-state index in [4.69, 9.17) is 23.7 Å². The number of halogens is 1. The van der Waals surface area contributed by atoms with E-state index in [1.165, 1.54) is 10.8 Å². The molecule has 1 saturated heterocycles. The second-order valence-corrected chi connectivity index (χ2v) is 15.4. The van der Waals surface area contributed by atoms with Gasteiger partial charge in [0.05, 0.1) is 38.6 Å². The Morgan fingerprint density at radius 2 is 1.18 bits per heavy atom. The van der Waals surface area contributed by atoms with E-state index in [2.05, 4.69) is 42.5 Å². The topological polar surface area (TPSA) is 46.2 Å². The molecule has 7 aromatic rings. The number of rotatable bonds is 16. The Hall–Kier alpha value is -5.15. The van der Waals surface area contributed by atoms with Gasteiger partial charge in [0.25, 0.3) is 0 Å². The van der Waals surface area contributed by atoms with Gasteiger partial charge in [-0.05, 0) is 51.4 Å². The Balaban J connectivity index is 1.17. The molecule has 56 heavy (non-hydrogen) atoms. The first kappa shape index (κ1) is 37.8. The quantitative estimate of drug-likeness (QED) is 0.0981. The van der Waals surface area contributed by atoms with Gasteiger partial charge in [-0.3, -0.25) is 0 Å². The molecule has 1 aliphatic rings. The Kier molecular flexibility index (Phi) is 12.6. The molecule has 0 aliphatic carbocycles. The van der Waals surface area contributed by atoms with Crippen LogP contribution in [0.2, 0.25) is 0 Å². The van der Waals surface area contributed by atoms with Crippen molar-refractivity contribution in [2.24, 2.45) is 0 Å². The van der Waals surface area contributed by atoms with Crippen LogP contribution in [0.5, 0.6) is 5.75 Å². The van der Waals surface area contributed by atoms with E-state index in [-0.39, 0.29) is 24.6 Å². The van der Waals surface area contributed by atoms with Gasteiger partial charge in [0.2, 0.25) is 0 Å². The number of thiophene rings is 1. The molecular formula is C49H45FO5S. The van der Waals surface area contributed by atoms with E-state index in [1.807, 2.05) is 115 Å². The minimum Gasteiger partial charge on any atom is -0.488 e. The summed E-state index contributed by atoms with van der Waals surface area (Å²) in [4.78, 5) is 1.08. The predicted molar refractivity (Wildman–Crippen MR) is 220 cm³/mol. The second kappa shape index (κ2) is 18.7. The van der Waals surface area contributed by atoms with E-state index in [1.54, 1.807) is 11.3 Å². The van der Waals surface area contributed by atoms with Crippen LogP contribution in [0.4, 0.5) is 4.39 Å². The largest absolute Gasteiger partial charge is 0.488 e. The van der Waals surface area contributed by atoms with Crippen LogP contribution in [0.25, 0.3) is 10.1 Å². The van der Waals surface area contributed by atoms with Gasteiger partial charge < -0.3 is 23.7 Å². The average molecular weight is 765 g/mol. The summed E-state index contributed by atoms with van der Waals surface area (Å²) in [5.74, 6) is 0.0869. The zero-order valence-corrected chi connectivity index (χ0v) is 32.0. The lowest BCUT2D eigenvalue weighted by molar-refractivity contribution is -0.219. The monoisotopic (exact) mass is 764 g/mol. The molecule has 0 amide bonds. The van der Waals surface area contributed by atoms with E-state index < -0.39 is 12.2 Å². The van der Waals surface area contributed by atoms with Crippen molar-refractivity contribution < 1.29 is 28.1 Å². The normalized spacial score (nSPS) is 18.2. The van der Waals surface area contributed by atoms with Crippen molar-refractivity contribution in [1.29, 1.82) is 0 Å². The first-order valence-electron chi connectivity index (χ1n) is 19.2. The molecular weight excluding hydrogens is 720 g/mol. The minimum atomic E-state index is -0.661. The highest BCUT2D eigenvalue weighted by Gasteiger charge is 2.43. The molecule has 6 aromatic carbocycles. The smallest absolute Gasteiger partial charge is 0.130 e. The van der Waals surface area contributed by atoms with Gasteiger partial charge in [-0.25, -0.2) is 4.39 Å². The summed E-state index contributed by atoms with van der Waals surface area (Å²) >= 11 is 1.68. The lowest BCUT2D eigenvalue weighted by Crippen LogP contribution is -2.47.